The minimum atomic E-state index is -0.338. The van der Waals surface area contributed by atoms with E-state index in [1.807, 2.05) is 30.3 Å². The zero-order valence-electron chi connectivity index (χ0n) is 16.0. The highest BCUT2D eigenvalue weighted by molar-refractivity contribution is 6.30. The van der Waals surface area contributed by atoms with Crippen LogP contribution in [0.4, 0.5) is 0 Å². The summed E-state index contributed by atoms with van der Waals surface area (Å²) in [5.41, 5.74) is 1.86. The third-order valence-electron chi connectivity index (χ3n) is 4.76. The quantitative estimate of drug-likeness (QED) is 0.548. The number of hydrogen-bond donors (Lipinski definition) is 1. The minimum absolute atomic E-state index is 0.164. The number of carbonyl (C=O) groups is 1. The van der Waals surface area contributed by atoms with E-state index in [9.17, 15) is 9.59 Å². The highest BCUT2D eigenvalue weighted by Crippen LogP contribution is 2.28. The van der Waals surface area contributed by atoms with E-state index in [4.69, 9.17) is 16.3 Å². The molecule has 0 spiro atoms. The molecule has 0 aliphatic carbocycles. The number of fused-ring (bicyclic) bond motifs is 3. The fourth-order valence-electron chi connectivity index (χ4n) is 3.39. The molecule has 0 atom stereocenters. The lowest BCUT2D eigenvalue weighted by atomic mass is 10.2. The van der Waals surface area contributed by atoms with Crippen LogP contribution in [0.2, 0.25) is 5.02 Å². The number of halogens is 1. The summed E-state index contributed by atoms with van der Waals surface area (Å²) >= 11 is 5.87. The number of aryl methyl sites for hydroxylation is 1. The van der Waals surface area contributed by atoms with E-state index in [1.54, 1.807) is 36.6 Å². The predicted octanol–water partition coefficient (Wildman–Crippen LogP) is 2.94. The fourth-order valence-corrected chi connectivity index (χ4v) is 3.51. The summed E-state index contributed by atoms with van der Waals surface area (Å²) in [5.74, 6) is 0.984. The predicted molar refractivity (Wildman–Crippen MR) is 112 cm³/mol. The van der Waals surface area contributed by atoms with Gasteiger partial charge in [0, 0.05) is 17.0 Å². The number of hydrogen-bond acceptors (Lipinski definition) is 4. The Kier molecular flexibility index (Phi) is 4.98. The summed E-state index contributed by atoms with van der Waals surface area (Å²) in [4.78, 5) is 25.3. The second-order valence-corrected chi connectivity index (χ2v) is 7.11. The van der Waals surface area contributed by atoms with Gasteiger partial charge in [0.15, 0.2) is 0 Å². The molecule has 2 aromatic heterocycles. The summed E-state index contributed by atoms with van der Waals surface area (Å²) in [6.45, 7) is 1.98. The number of benzene rings is 2. The molecule has 29 heavy (non-hydrogen) atoms. The van der Waals surface area contributed by atoms with Crippen LogP contribution >= 0.6 is 11.6 Å². The van der Waals surface area contributed by atoms with Crippen molar-refractivity contribution in [2.75, 3.05) is 7.11 Å². The fraction of sp³-hybridized carbons (Fsp3) is 0.190. The SMILES string of the molecule is COc1cccc2c1cc1c(=O)n(CC(=O)NCc3ccc(Cl)cc3)nc(C)n12. The minimum Gasteiger partial charge on any atom is -0.496 e. The van der Waals surface area contributed by atoms with E-state index in [2.05, 4.69) is 10.4 Å². The Morgan fingerprint density at radius 3 is 2.66 bits per heavy atom. The van der Waals surface area contributed by atoms with E-state index >= 15 is 0 Å². The second-order valence-electron chi connectivity index (χ2n) is 6.67. The molecule has 1 N–H and O–H groups in total. The monoisotopic (exact) mass is 410 g/mol. The molecule has 4 aromatic rings. The molecule has 2 heterocycles. The lowest BCUT2D eigenvalue weighted by molar-refractivity contribution is -0.122. The van der Waals surface area contributed by atoms with Crippen molar-refractivity contribution in [1.82, 2.24) is 19.5 Å². The van der Waals surface area contributed by atoms with Crippen LogP contribution in [-0.4, -0.2) is 27.2 Å². The summed E-state index contributed by atoms with van der Waals surface area (Å²) in [6.07, 6.45) is 0. The average Bonchev–Trinajstić information content (AvgIpc) is 3.12. The number of nitrogens with one attached hydrogen (secondary N) is 1. The van der Waals surface area contributed by atoms with Gasteiger partial charge in [-0.05, 0) is 42.8 Å². The first kappa shape index (κ1) is 19.0. The van der Waals surface area contributed by atoms with Gasteiger partial charge >= 0.3 is 0 Å². The molecule has 0 aliphatic rings. The van der Waals surface area contributed by atoms with Crippen LogP contribution < -0.4 is 15.6 Å². The number of rotatable bonds is 5. The summed E-state index contributed by atoms with van der Waals surface area (Å²) < 4.78 is 8.37. The summed E-state index contributed by atoms with van der Waals surface area (Å²) in [7, 11) is 1.59. The van der Waals surface area contributed by atoms with Gasteiger partial charge in [0.25, 0.3) is 5.56 Å². The van der Waals surface area contributed by atoms with Crippen molar-refractivity contribution >= 4 is 33.9 Å². The van der Waals surface area contributed by atoms with Crippen molar-refractivity contribution in [1.29, 1.82) is 0 Å². The Balaban J connectivity index is 1.63. The number of carbonyl (C=O) groups excluding carboxylic acids is 1. The maximum absolute atomic E-state index is 12.9. The molecular formula is C21H19ClN4O3. The van der Waals surface area contributed by atoms with Crippen molar-refractivity contribution in [3.63, 3.8) is 0 Å². The zero-order chi connectivity index (χ0) is 20.5. The first-order chi connectivity index (χ1) is 14.0. The van der Waals surface area contributed by atoms with Gasteiger partial charge in [-0.3, -0.25) is 14.0 Å². The van der Waals surface area contributed by atoms with E-state index in [-0.39, 0.29) is 18.0 Å². The van der Waals surface area contributed by atoms with E-state index in [0.717, 1.165) is 16.5 Å². The maximum Gasteiger partial charge on any atom is 0.291 e. The van der Waals surface area contributed by atoms with Gasteiger partial charge in [-0.1, -0.05) is 29.8 Å². The summed E-state index contributed by atoms with van der Waals surface area (Å²) in [5, 5.41) is 8.59. The molecular weight excluding hydrogens is 392 g/mol. The van der Waals surface area contributed by atoms with E-state index in [0.29, 0.717) is 28.7 Å². The van der Waals surface area contributed by atoms with Gasteiger partial charge < -0.3 is 10.1 Å². The van der Waals surface area contributed by atoms with Crippen molar-refractivity contribution < 1.29 is 9.53 Å². The molecule has 0 fully saturated rings. The highest BCUT2D eigenvalue weighted by atomic mass is 35.5. The Morgan fingerprint density at radius 2 is 1.93 bits per heavy atom. The number of methoxy groups -OCH3 is 1. The molecule has 4 rings (SSSR count). The van der Waals surface area contributed by atoms with Crippen LogP contribution in [0.1, 0.15) is 11.4 Å². The lowest BCUT2D eigenvalue weighted by Crippen LogP contribution is -2.34. The Bertz CT molecular complexity index is 1280. The van der Waals surface area contributed by atoms with Crippen LogP contribution in [-0.2, 0) is 17.9 Å². The normalized spacial score (nSPS) is 11.1. The highest BCUT2D eigenvalue weighted by Gasteiger charge is 2.16. The second kappa shape index (κ2) is 7.60. The lowest BCUT2D eigenvalue weighted by Gasteiger charge is -2.09. The van der Waals surface area contributed by atoms with Gasteiger partial charge in [-0.25, -0.2) is 4.68 Å². The third-order valence-corrected chi connectivity index (χ3v) is 5.02. The number of aromatic nitrogens is 3. The standard InChI is InChI=1S/C21H19ClN4O3/c1-13-24-25(12-20(27)23-11-14-6-8-15(22)9-7-14)21(28)18-10-16-17(26(13)18)4-3-5-19(16)29-2/h3-10H,11-12H2,1-2H3,(H,23,27). The van der Waals surface area contributed by atoms with Gasteiger partial charge in [0.1, 0.15) is 23.6 Å². The first-order valence-corrected chi connectivity index (χ1v) is 9.43. The molecule has 7 nitrogen and oxygen atoms in total. The molecule has 0 saturated heterocycles. The maximum atomic E-state index is 12.9. The third kappa shape index (κ3) is 3.56. The van der Waals surface area contributed by atoms with Crippen LogP contribution in [0.5, 0.6) is 5.75 Å². The van der Waals surface area contributed by atoms with Crippen LogP contribution in [0.3, 0.4) is 0 Å². The van der Waals surface area contributed by atoms with E-state index in [1.165, 1.54) is 4.68 Å². The molecule has 0 radical (unpaired) electrons. The zero-order valence-corrected chi connectivity index (χ0v) is 16.7. The molecule has 0 bridgehead atoms. The summed E-state index contributed by atoms with van der Waals surface area (Å²) in [6, 6.07) is 14.6. The van der Waals surface area contributed by atoms with Crippen molar-refractivity contribution in [2.24, 2.45) is 0 Å². The molecule has 0 aliphatic heterocycles. The van der Waals surface area contributed by atoms with Gasteiger partial charge in [0.2, 0.25) is 5.91 Å². The van der Waals surface area contributed by atoms with Crippen LogP contribution in [0.25, 0.3) is 16.4 Å². The first-order valence-electron chi connectivity index (χ1n) is 9.05. The van der Waals surface area contributed by atoms with E-state index < -0.39 is 0 Å². The van der Waals surface area contributed by atoms with Gasteiger partial charge in [-0.15, -0.1) is 0 Å². The van der Waals surface area contributed by atoms with Crippen LogP contribution in [0.15, 0.2) is 53.3 Å². The Morgan fingerprint density at radius 1 is 1.17 bits per heavy atom. The van der Waals surface area contributed by atoms with Gasteiger partial charge in [-0.2, -0.15) is 5.10 Å². The van der Waals surface area contributed by atoms with Crippen molar-refractivity contribution in [2.45, 2.75) is 20.0 Å². The molecule has 8 heteroatoms. The smallest absolute Gasteiger partial charge is 0.291 e. The molecule has 148 valence electrons. The number of amides is 1. The average molecular weight is 411 g/mol. The van der Waals surface area contributed by atoms with Crippen LogP contribution in [0, 0.1) is 6.92 Å². The molecule has 2 aromatic carbocycles. The molecule has 0 saturated carbocycles. The molecule has 0 unspecified atom stereocenters. The Labute approximate surface area is 171 Å². The van der Waals surface area contributed by atoms with Crippen molar-refractivity contribution in [3.05, 3.63) is 75.3 Å². The largest absolute Gasteiger partial charge is 0.496 e. The van der Waals surface area contributed by atoms with Gasteiger partial charge in [0.05, 0.1) is 12.6 Å². The topological polar surface area (TPSA) is 77.6 Å². The van der Waals surface area contributed by atoms with Crippen molar-refractivity contribution in [3.8, 4) is 5.75 Å². The number of ether oxygens (including phenoxy) is 1. The Hall–Kier alpha value is -3.32. The number of nitrogens with zero attached hydrogens (tertiary/aromatic N) is 3. The molecule has 1 amide bonds.